The molecule has 15 heavy (non-hydrogen) atoms. The first-order valence-corrected chi connectivity index (χ1v) is 5.68. The van der Waals surface area contributed by atoms with Crippen molar-refractivity contribution in [2.24, 2.45) is 0 Å². The predicted octanol–water partition coefficient (Wildman–Crippen LogP) is 0.890. The quantitative estimate of drug-likeness (QED) is 0.761. The molecule has 0 saturated carbocycles. The van der Waals surface area contributed by atoms with Crippen LogP contribution in [0, 0.1) is 3.57 Å². The first-order valence-electron chi connectivity index (χ1n) is 4.60. The lowest BCUT2D eigenvalue weighted by Crippen LogP contribution is -2.27. The van der Waals surface area contributed by atoms with Crippen LogP contribution in [0.5, 0.6) is 0 Å². The Morgan fingerprint density at radius 1 is 1.53 bits per heavy atom. The van der Waals surface area contributed by atoms with Gasteiger partial charge in [-0.3, -0.25) is 0 Å². The predicted molar refractivity (Wildman–Crippen MR) is 65.7 cm³/mol. The number of aliphatic hydroxyl groups is 1. The van der Waals surface area contributed by atoms with Crippen LogP contribution in [0.15, 0.2) is 12.4 Å². The fourth-order valence-electron chi connectivity index (χ4n) is 1.12. The number of methoxy groups -OCH3 is 1. The van der Waals surface area contributed by atoms with Crippen molar-refractivity contribution in [1.29, 1.82) is 0 Å². The molecular weight excluding hydrogens is 309 g/mol. The zero-order valence-corrected chi connectivity index (χ0v) is 10.6. The van der Waals surface area contributed by atoms with Crippen LogP contribution >= 0.6 is 22.6 Å². The van der Waals surface area contributed by atoms with Gasteiger partial charge in [-0.2, -0.15) is 0 Å². The second-order valence-corrected chi connectivity index (χ2v) is 4.28. The molecule has 84 valence electrons. The summed E-state index contributed by atoms with van der Waals surface area (Å²) in [5.41, 5.74) is 0. The Labute approximate surface area is 102 Å². The summed E-state index contributed by atoms with van der Waals surface area (Å²) in [7, 11) is 1.63. The summed E-state index contributed by atoms with van der Waals surface area (Å²) in [5, 5.41) is 11.9. The van der Waals surface area contributed by atoms with E-state index in [9.17, 15) is 0 Å². The SMILES string of the molecule is COCC(CCO)Nc1ncc(I)cn1. The second-order valence-electron chi connectivity index (χ2n) is 3.03. The van der Waals surface area contributed by atoms with Gasteiger partial charge in [-0.1, -0.05) is 0 Å². The second kappa shape index (κ2) is 6.91. The third kappa shape index (κ3) is 4.72. The number of anilines is 1. The van der Waals surface area contributed by atoms with Crippen molar-refractivity contribution in [1.82, 2.24) is 9.97 Å². The van der Waals surface area contributed by atoms with Crippen LogP contribution in [-0.2, 0) is 4.74 Å². The summed E-state index contributed by atoms with van der Waals surface area (Å²) in [4.78, 5) is 8.23. The van der Waals surface area contributed by atoms with E-state index in [0.29, 0.717) is 19.0 Å². The van der Waals surface area contributed by atoms with E-state index in [1.54, 1.807) is 19.5 Å². The van der Waals surface area contributed by atoms with Gasteiger partial charge in [-0.05, 0) is 29.0 Å². The van der Waals surface area contributed by atoms with Crippen LogP contribution in [0.3, 0.4) is 0 Å². The number of rotatable bonds is 6. The van der Waals surface area contributed by atoms with E-state index in [1.165, 1.54) is 0 Å². The topological polar surface area (TPSA) is 67.3 Å². The van der Waals surface area contributed by atoms with Crippen molar-refractivity contribution >= 4 is 28.5 Å². The maximum Gasteiger partial charge on any atom is 0.222 e. The molecule has 1 atom stereocenters. The minimum Gasteiger partial charge on any atom is -0.396 e. The molecule has 2 N–H and O–H groups in total. The van der Waals surface area contributed by atoms with Gasteiger partial charge in [0.1, 0.15) is 0 Å². The molecule has 0 aliphatic heterocycles. The molecule has 0 aliphatic carbocycles. The van der Waals surface area contributed by atoms with Gasteiger partial charge in [0.05, 0.1) is 12.6 Å². The average molecular weight is 323 g/mol. The van der Waals surface area contributed by atoms with Gasteiger partial charge < -0.3 is 15.2 Å². The molecule has 1 rings (SSSR count). The average Bonchev–Trinajstić information content (AvgIpc) is 2.22. The zero-order chi connectivity index (χ0) is 11.1. The fourth-order valence-corrected chi connectivity index (χ4v) is 1.40. The summed E-state index contributed by atoms with van der Waals surface area (Å²) < 4.78 is 6.01. The lowest BCUT2D eigenvalue weighted by atomic mass is 10.2. The third-order valence-corrected chi connectivity index (χ3v) is 2.36. The largest absolute Gasteiger partial charge is 0.396 e. The van der Waals surface area contributed by atoms with E-state index in [-0.39, 0.29) is 12.6 Å². The number of ether oxygens (including phenoxy) is 1. The van der Waals surface area contributed by atoms with Crippen molar-refractivity contribution in [2.75, 3.05) is 25.6 Å². The summed E-state index contributed by atoms with van der Waals surface area (Å²) in [6, 6.07) is 0.0417. The zero-order valence-electron chi connectivity index (χ0n) is 8.48. The first kappa shape index (κ1) is 12.6. The molecule has 0 aliphatic rings. The van der Waals surface area contributed by atoms with Crippen molar-refractivity contribution in [3.8, 4) is 0 Å². The maximum absolute atomic E-state index is 8.85. The molecule has 1 aromatic rings. The molecule has 1 heterocycles. The first-order chi connectivity index (χ1) is 7.26. The van der Waals surface area contributed by atoms with Crippen LogP contribution in [0.2, 0.25) is 0 Å². The lowest BCUT2D eigenvalue weighted by molar-refractivity contribution is 0.170. The number of halogens is 1. The Bertz CT molecular complexity index is 275. The molecule has 0 spiro atoms. The lowest BCUT2D eigenvalue weighted by Gasteiger charge is -2.16. The Morgan fingerprint density at radius 2 is 2.20 bits per heavy atom. The van der Waals surface area contributed by atoms with Crippen LogP contribution in [0.1, 0.15) is 6.42 Å². The highest BCUT2D eigenvalue weighted by Gasteiger charge is 2.08. The van der Waals surface area contributed by atoms with Gasteiger partial charge in [0.15, 0.2) is 0 Å². The van der Waals surface area contributed by atoms with Gasteiger partial charge in [0, 0.05) is 29.7 Å². The Morgan fingerprint density at radius 3 is 2.73 bits per heavy atom. The highest BCUT2D eigenvalue weighted by molar-refractivity contribution is 14.1. The normalized spacial score (nSPS) is 12.5. The van der Waals surface area contributed by atoms with Crippen molar-refractivity contribution in [3.63, 3.8) is 0 Å². The smallest absolute Gasteiger partial charge is 0.222 e. The van der Waals surface area contributed by atoms with E-state index >= 15 is 0 Å². The monoisotopic (exact) mass is 323 g/mol. The Hall–Kier alpha value is -0.470. The van der Waals surface area contributed by atoms with Crippen molar-refractivity contribution in [2.45, 2.75) is 12.5 Å². The molecule has 5 nitrogen and oxygen atoms in total. The number of hydrogen-bond acceptors (Lipinski definition) is 5. The van der Waals surface area contributed by atoms with Gasteiger partial charge in [0.2, 0.25) is 5.95 Å². The highest BCUT2D eigenvalue weighted by atomic mass is 127. The third-order valence-electron chi connectivity index (χ3n) is 1.80. The molecule has 0 amide bonds. The van der Waals surface area contributed by atoms with Gasteiger partial charge in [-0.15, -0.1) is 0 Å². The van der Waals surface area contributed by atoms with Gasteiger partial charge in [-0.25, -0.2) is 9.97 Å². The van der Waals surface area contributed by atoms with Crippen molar-refractivity contribution in [3.05, 3.63) is 16.0 Å². The van der Waals surface area contributed by atoms with Gasteiger partial charge >= 0.3 is 0 Å². The van der Waals surface area contributed by atoms with E-state index < -0.39 is 0 Å². The number of aliphatic hydroxyl groups excluding tert-OH is 1. The Kier molecular flexibility index (Phi) is 5.81. The molecule has 1 unspecified atom stereocenters. The molecule has 0 aromatic carbocycles. The molecular formula is C9H14IN3O2. The number of nitrogens with one attached hydrogen (secondary N) is 1. The van der Waals surface area contributed by atoms with E-state index in [2.05, 4.69) is 37.9 Å². The van der Waals surface area contributed by atoms with Crippen LogP contribution in [0.25, 0.3) is 0 Å². The molecule has 0 saturated heterocycles. The van der Waals surface area contributed by atoms with Crippen LogP contribution in [-0.4, -0.2) is 41.4 Å². The van der Waals surface area contributed by atoms with Crippen molar-refractivity contribution < 1.29 is 9.84 Å². The van der Waals surface area contributed by atoms with E-state index in [1.807, 2.05) is 0 Å². The molecule has 0 bridgehead atoms. The van der Waals surface area contributed by atoms with E-state index in [0.717, 1.165) is 3.57 Å². The number of hydrogen-bond donors (Lipinski definition) is 2. The minimum absolute atomic E-state index is 0.0417. The fraction of sp³-hybridized carbons (Fsp3) is 0.556. The number of nitrogens with zero attached hydrogens (tertiary/aromatic N) is 2. The highest BCUT2D eigenvalue weighted by Crippen LogP contribution is 2.05. The van der Waals surface area contributed by atoms with Crippen LogP contribution in [0.4, 0.5) is 5.95 Å². The summed E-state index contributed by atoms with van der Waals surface area (Å²) in [6.45, 7) is 0.640. The molecule has 6 heteroatoms. The van der Waals surface area contributed by atoms with Crippen LogP contribution < -0.4 is 5.32 Å². The summed E-state index contributed by atoms with van der Waals surface area (Å²) in [5.74, 6) is 0.561. The molecule has 1 aromatic heterocycles. The summed E-state index contributed by atoms with van der Waals surface area (Å²) in [6.07, 6.45) is 4.08. The molecule has 0 radical (unpaired) electrons. The Balaban J connectivity index is 2.53. The summed E-state index contributed by atoms with van der Waals surface area (Å²) >= 11 is 2.15. The van der Waals surface area contributed by atoms with E-state index in [4.69, 9.17) is 9.84 Å². The standard InChI is InChI=1S/C9H14IN3O2/c1-15-6-8(2-3-14)13-9-11-4-7(10)5-12-9/h4-5,8,14H,2-3,6H2,1H3,(H,11,12,13). The van der Waals surface area contributed by atoms with Gasteiger partial charge in [0.25, 0.3) is 0 Å². The maximum atomic E-state index is 8.85. The minimum atomic E-state index is 0.0417. The number of aromatic nitrogens is 2. The molecule has 0 fully saturated rings.